The zero-order valence-electron chi connectivity index (χ0n) is 10.3. The summed E-state index contributed by atoms with van der Waals surface area (Å²) in [5.41, 5.74) is 8.18. The molecule has 0 bridgehead atoms. The first-order valence-electron chi connectivity index (χ1n) is 5.81. The van der Waals surface area contributed by atoms with Gasteiger partial charge in [-0.2, -0.15) is 0 Å². The lowest BCUT2D eigenvalue weighted by Gasteiger charge is -1.98. The summed E-state index contributed by atoms with van der Waals surface area (Å²) in [4.78, 5) is 0. The number of hydrogen-bond acceptors (Lipinski definition) is 0. The van der Waals surface area contributed by atoms with Crippen LogP contribution < -0.4 is 0 Å². The summed E-state index contributed by atoms with van der Waals surface area (Å²) in [5.74, 6) is 0. The van der Waals surface area contributed by atoms with Crippen molar-refractivity contribution in [1.82, 2.24) is 0 Å². The molecule has 0 saturated carbocycles. The van der Waals surface area contributed by atoms with E-state index in [2.05, 4.69) is 56.0 Å². The molecule has 0 unspecified atom stereocenters. The van der Waals surface area contributed by atoms with E-state index in [1.807, 2.05) is 24.3 Å². The molecule has 0 saturated heterocycles. The molecule has 0 aliphatic heterocycles. The van der Waals surface area contributed by atoms with Crippen LogP contribution in [0.4, 0.5) is 0 Å². The van der Waals surface area contributed by atoms with Crippen LogP contribution in [-0.4, -0.2) is 0 Å². The van der Waals surface area contributed by atoms with Crippen molar-refractivity contribution in [2.75, 3.05) is 0 Å². The molecule has 2 aromatic rings. The molecule has 0 fully saturated rings. The Bertz CT molecular complexity index is 538. The number of allylic oxidation sites excluding steroid dienone is 1. The van der Waals surface area contributed by atoms with Gasteiger partial charge in [0.25, 0.3) is 0 Å². The Balaban J connectivity index is 2.28. The van der Waals surface area contributed by atoms with E-state index in [0.717, 1.165) is 5.57 Å². The van der Waals surface area contributed by atoms with Crippen LogP contribution in [0.2, 0.25) is 0 Å². The van der Waals surface area contributed by atoms with E-state index in [1.54, 1.807) is 0 Å². The van der Waals surface area contributed by atoms with Gasteiger partial charge >= 0.3 is 0 Å². The zero-order chi connectivity index (χ0) is 12.1. The van der Waals surface area contributed by atoms with Crippen LogP contribution in [-0.2, 0) is 0 Å². The number of aryl methyl sites for hydroxylation is 1. The van der Waals surface area contributed by atoms with E-state index in [9.17, 15) is 0 Å². The fraction of sp³-hybridized carbons (Fsp3) is 0.118. The van der Waals surface area contributed by atoms with Gasteiger partial charge in [0, 0.05) is 0 Å². The summed E-state index contributed by atoms with van der Waals surface area (Å²) < 4.78 is 0. The molecule has 0 N–H and O–H groups in total. The summed E-state index contributed by atoms with van der Waals surface area (Å²) in [6, 6.07) is 18.8. The van der Waals surface area contributed by atoms with Crippen LogP contribution in [0, 0.1) is 6.92 Å². The molecule has 0 aromatic heterocycles. The SMILES string of the molecule is CC(=C=Cc1ccccc1)c1ccc(C)cc1. The quantitative estimate of drug-likeness (QED) is 0.643. The Morgan fingerprint density at radius 2 is 1.59 bits per heavy atom. The molecule has 0 radical (unpaired) electrons. The van der Waals surface area contributed by atoms with Gasteiger partial charge in [-0.3, -0.25) is 0 Å². The van der Waals surface area contributed by atoms with Crippen molar-refractivity contribution >= 4 is 11.6 Å². The second kappa shape index (κ2) is 5.34. The lowest BCUT2D eigenvalue weighted by atomic mass is 10.1. The van der Waals surface area contributed by atoms with E-state index in [1.165, 1.54) is 16.7 Å². The molecule has 0 heteroatoms. The lowest BCUT2D eigenvalue weighted by Crippen LogP contribution is -1.78. The summed E-state index contributed by atoms with van der Waals surface area (Å²) in [6.07, 6.45) is 2.02. The van der Waals surface area contributed by atoms with E-state index >= 15 is 0 Å². The van der Waals surface area contributed by atoms with Crippen molar-refractivity contribution in [2.24, 2.45) is 0 Å². The number of rotatable bonds is 2. The van der Waals surface area contributed by atoms with Crippen LogP contribution in [0.1, 0.15) is 23.6 Å². The molecule has 2 rings (SSSR count). The molecule has 0 nitrogen and oxygen atoms in total. The highest BCUT2D eigenvalue weighted by atomic mass is 14.0. The monoisotopic (exact) mass is 220 g/mol. The van der Waals surface area contributed by atoms with Gasteiger partial charge in [0.2, 0.25) is 0 Å². The van der Waals surface area contributed by atoms with Crippen molar-refractivity contribution in [3.05, 3.63) is 77.0 Å². The lowest BCUT2D eigenvalue weighted by molar-refractivity contribution is 1.45. The first-order valence-corrected chi connectivity index (χ1v) is 5.81. The molecule has 0 spiro atoms. The zero-order valence-corrected chi connectivity index (χ0v) is 10.3. The summed E-state index contributed by atoms with van der Waals surface area (Å²) >= 11 is 0. The standard InChI is InChI=1S/C17H16/c1-14-8-12-17(13-9-14)15(2)10-11-16-6-4-3-5-7-16/h3-9,11-13H,1-2H3. The topological polar surface area (TPSA) is 0 Å². The van der Waals surface area contributed by atoms with Crippen LogP contribution in [0.25, 0.3) is 11.6 Å². The van der Waals surface area contributed by atoms with Crippen molar-refractivity contribution in [3.63, 3.8) is 0 Å². The van der Waals surface area contributed by atoms with Gasteiger partial charge in [-0.05, 0) is 36.6 Å². The van der Waals surface area contributed by atoms with Crippen LogP contribution >= 0.6 is 0 Å². The molecular formula is C17H16. The molecule has 0 heterocycles. The van der Waals surface area contributed by atoms with Crippen LogP contribution in [0.15, 0.2) is 60.3 Å². The maximum absolute atomic E-state index is 3.33. The van der Waals surface area contributed by atoms with Crippen molar-refractivity contribution in [3.8, 4) is 0 Å². The van der Waals surface area contributed by atoms with Gasteiger partial charge < -0.3 is 0 Å². The van der Waals surface area contributed by atoms with Crippen molar-refractivity contribution < 1.29 is 0 Å². The Morgan fingerprint density at radius 1 is 0.941 bits per heavy atom. The average molecular weight is 220 g/mol. The Morgan fingerprint density at radius 3 is 2.24 bits per heavy atom. The largest absolute Gasteiger partial charge is 0.116 e. The third-order valence-corrected chi connectivity index (χ3v) is 2.74. The van der Waals surface area contributed by atoms with Gasteiger partial charge in [0.05, 0.1) is 0 Å². The van der Waals surface area contributed by atoms with Crippen LogP contribution in [0.5, 0.6) is 0 Å². The minimum atomic E-state index is 1.16. The van der Waals surface area contributed by atoms with E-state index < -0.39 is 0 Å². The highest BCUT2D eigenvalue weighted by molar-refractivity contribution is 5.67. The first-order chi connectivity index (χ1) is 8.25. The predicted octanol–water partition coefficient (Wildman–Crippen LogP) is 4.71. The summed E-state index contributed by atoms with van der Waals surface area (Å²) in [7, 11) is 0. The van der Waals surface area contributed by atoms with Crippen LogP contribution in [0.3, 0.4) is 0 Å². The first kappa shape index (κ1) is 11.4. The van der Waals surface area contributed by atoms with Crippen molar-refractivity contribution in [1.29, 1.82) is 0 Å². The molecule has 2 aromatic carbocycles. The second-order valence-electron chi connectivity index (χ2n) is 4.19. The molecule has 17 heavy (non-hydrogen) atoms. The molecular weight excluding hydrogens is 204 g/mol. The molecule has 84 valence electrons. The smallest absolute Gasteiger partial charge is 0.00188 e. The number of hydrogen-bond donors (Lipinski definition) is 0. The molecule has 0 atom stereocenters. The summed E-state index contributed by atoms with van der Waals surface area (Å²) in [5, 5.41) is 0. The highest BCUT2D eigenvalue weighted by Gasteiger charge is 1.92. The Kier molecular flexibility index (Phi) is 3.59. The molecule has 0 amide bonds. The van der Waals surface area contributed by atoms with E-state index in [0.29, 0.717) is 0 Å². The Labute approximate surface area is 103 Å². The number of benzene rings is 2. The third-order valence-electron chi connectivity index (χ3n) is 2.74. The molecule has 0 aliphatic carbocycles. The maximum atomic E-state index is 3.33. The normalized spacial score (nSPS) is 9.53. The van der Waals surface area contributed by atoms with Crippen molar-refractivity contribution in [2.45, 2.75) is 13.8 Å². The van der Waals surface area contributed by atoms with Gasteiger partial charge in [-0.1, -0.05) is 60.2 Å². The van der Waals surface area contributed by atoms with E-state index in [-0.39, 0.29) is 0 Å². The average Bonchev–Trinajstić information content (AvgIpc) is 2.38. The fourth-order valence-electron chi connectivity index (χ4n) is 1.63. The van der Waals surface area contributed by atoms with Gasteiger partial charge in [0.1, 0.15) is 0 Å². The maximum Gasteiger partial charge on any atom is -0.00188 e. The minimum absolute atomic E-state index is 1.16. The van der Waals surface area contributed by atoms with E-state index in [4.69, 9.17) is 0 Å². The second-order valence-corrected chi connectivity index (χ2v) is 4.19. The summed E-state index contributed by atoms with van der Waals surface area (Å²) in [6.45, 7) is 4.19. The highest BCUT2D eigenvalue weighted by Crippen LogP contribution is 2.13. The van der Waals surface area contributed by atoms with Gasteiger partial charge in [-0.15, -0.1) is 5.73 Å². The fourth-order valence-corrected chi connectivity index (χ4v) is 1.63. The predicted molar refractivity (Wildman–Crippen MR) is 74.7 cm³/mol. The minimum Gasteiger partial charge on any atom is -0.116 e. The Hall–Kier alpha value is -2.04. The van der Waals surface area contributed by atoms with Gasteiger partial charge in [0.15, 0.2) is 0 Å². The van der Waals surface area contributed by atoms with Gasteiger partial charge in [-0.25, -0.2) is 0 Å². The molecule has 0 aliphatic rings. The third kappa shape index (κ3) is 3.21.